The maximum absolute atomic E-state index is 12.9. The van der Waals surface area contributed by atoms with Crippen LogP contribution in [0.2, 0.25) is 5.02 Å². The summed E-state index contributed by atoms with van der Waals surface area (Å²) in [7, 11) is 0. The van der Waals surface area contributed by atoms with E-state index in [4.69, 9.17) is 11.6 Å². The molecular weight excluding hydrogens is 319 g/mol. The monoisotopic (exact) mass is 337 g/mol. The molecule has 124 valence electrons. The van der Waals surface area contributed by atoms with Crippen molar-refractivity contribution in [3.05, 3.63) is 16.4 Å². The quantitative estimate of drug-likeness (QED) is 0.770. The van der Waals surface area contributed by atoms with E-state index in [2.05, 4.69) is 10.4 Å². The van der Waals surface area contributed by atoms with E-state index in [1.807, 2.05) is 6.92 Å². The van der Waals surface area contributed by atoms with Gasteiger partial charge in [0.25, 0.3) is 0 Å². The number of nitrogens with one attached hydrogen (secondary N) is 1. The van der Waals surface area contributed by atoms with Gasteiger partial charge in [-0.05, 0) is 25.7 Å². The third kappa shape index (κ3) is 4.15. The second-order valence-corrected chi connectivity index (χ2v) is 5.87. The summed E-state index contributed by atoms with van der Waals surface area (Å²) in [6.07, 6.45) is -1.11. The molecule has 1 aliphatic rings. The van der Waals surface area contributed by atoms with Crippen molar-refractivity contribution in [2.24, 2.45) is 0 Å². The van der Waals surface area contributed by atoms with Crippen molar-refractivity contribution in [2.75, 3.05) is 6.54 Å². The van der Waals surface area contributed by atoms with Crippen LogP contribution in [0, 0.1) is 0 Å². The number of carbonyl (C=O) groups is 1. The summed E-state index contributed by atoms with van der Waals surface area (Å²) >= 11 is 5.88. The first-order valence-corrected chi connectivity index (χ1v) is 7.82. The molecule has 1 aliphatic carbocycles. The van der Waals surface area contributed by atoms with Gasteiger partial charge in [-0.15, -0.1) is 0 Å². The highest BCUT2D eigenvalue weighted by molar-refractivity contribution is 6.32. The molecule has 0 atom stereocenters. The average molecular weight is 338 g/mol. The fourth-order valence-corrected chi connectivity index (χ4v) is 2.72. The van der Waals surface area contributed by atoms with Crippen LogP contribution in [0.15, 0.2) is 0 Å². The number of aromatic nitrogens is 2. The molecule has 1 heterocycles. The highest BCUT2D eigenvalue weighted by atomic mass is 35.5. The summed E-state index contributed by atoms with van der Waals surface area (Å²) in [5.41, 5.74) is -0.528. The zero-order valence-corrected chi connectivity index (χ0v) is 13.1. The van der Waals surface area contributed by atoms with Crippen LogP contribution in [0.1, 0.15) is 56.3 Å². The Hall–Kier alpha value is -1.24. The van der Waals surface area contributed by atoms with E-state index in [-0.39, 0.29) is 16.8 Å². The normalized spacial score (nSPS) is 15.1. The van der Waals surface area contributed by atoms with Gasteiger partial charge in [0.1, 0.15) is 0 Å². The van der Waals surface area contributed by atoms with Crippen LogP contribution < -0.4 is 5.32 Å². The number of nitrogens with zero attached hydrogens (tertiary/aromatic N) is 2. The summed E-state index contributed by atoms with van der Waals surface area (Å²) in [6, 6.07) is 0. The fraction of sp³-hybridized carbons (Fsp3) is 0.714. The van der Waals surface area contributed by atoms with Crippen molar-refractivity contribution in [3.63, 3.8) is 0 Å². The second kappa shape index (κ2) is 6.89. The Kier molecular flexibility index (Phi) is 5.36. The number of halogens is 4. The van der Waals surface area contributed by atoms with Gasteiger partial charge in [0.15, 0.2) is 5.69 Å². The van der Waals surface area contributed by atoms with Crippen LogP contribution in [-0.2, 0) is 17.5 Å². The van der Waals surface area contributed by atoms with E-state index in [1.165, 1.54) is 4.68 Å². The Morgan fingerprint density at radius 3 is 2.68 bits per heavy atom. The van der Waals surface area contributed by atoms with Crippen LogP contribution >= 0.6 is 11.6 Å². The van der Waals surface area contributed by atoms with Crippen LogP contribution in [0.5, 0.6) is 0 Å². The molecule has 2 rings (SSSR count). The van der Waals surface area contributed by atoms with Crippen molar-refractivity contribution in [1.82, 2.24) is 15.1 Å². The van der Waals surface area contributed by atoms with Gasteiger partial charge >= 0.3 is 6.18 Å². The summed E-state index contributed by atoms with van der Waals surface area (Å²) in [4.78, 5) is 11.3. The molecule has 1 amide bonds. The summed E-state index contributed by atoms with van der Waals surface area (Å²) < 4.78 is 40.0. The van der Waals surface area contributed by atoms with Crippen LogP contribution in [0.4, 0.5) is 13.2 Å². The minimum absolute atomic E-state index is 0.0422. The molecule has 1 N–H and O–H groups in total. The van der Waals surface area contributed by atoms with Gasteiger partial charge < -0.3 is 5.32 Å². The lowest BCUT2D eigenvalue weighted by molar-refractivity contribution is -0.141. The first-order chi connectivity index (χ1) is 10.3. The molecule has 1 saturated carbocycles. The van der Waals surface area contributed by atoms with Gasteiger partial charge in [0.05, 0.1) is 10.7 Å². The standard InChI is InChI=1S/C14H19ClF3N3O/c1-2-4-10(22)19-7-3-8-21-12(9-5-6-9)11(15)13(20-21)14(16,17)18/h9H,2-8H2,1H3,(H,19,22). The molecule has 0 aliphatic heterocycles. The molecule has 1 aromatic heterocycles. The van der Waals surface area contributed by atoms with Gasteiger partial charge in [-0.3, -0.25) is 9.48 Å². The number of aryl methyl sites for hydroxylation is 1. The predicted octanol–water partition coefficient (Wildman–Crippen LogP) is 3.74. The smallest absolute Gasteiger partial charge is 0.356 e. The fourth-order valence-electron chi connectivity index (χ4n) is 2.32. The molecule has 1 aromatic rings. The molecule has 0 bridgehead atoms. The lowest BCUT2D eigenvalue weighted by Crippen LogP contribution is -2.25. The largest absolute Gasteiger partial charge is 0.436 e. The van der Waals surface area contributed by atoms with Gasteiger partial charge in [-0.2, -0.15) is 18.3 Å². The Morgan fingerprint density at radius 2 is 2.14 bits per heavy atom. The van der Waals surface area contributed by atoms with Crippen molar-refractivity contribution < 1.29 is 18.0 Å². The number of alkyl halides is 3. The number of rotatable bonds is 7. The molecule has 0 saturated heterocycles. The minimum Gasteiger partial charge on any atom is -0.356 e. The second-order valence-electron chi connectivity index (χ2n) is 5.50. The van der Waals surface area contributed by atoms with Crippen molar-refractivity contribution >= 4 is 17.5 Å². The predicted molar refractivity (Wildman–Crippen MR) is 76.7 cm³/mol. The zero-order valence-electron chi connectivity index (χ0n) is 12.3. The third-order valence-electron chi connectivity index (χ3n) is 3.51. The van der Waals surface area contributed by atoms with Crippen LogP contribution in [0.25, 0.3) is 0 Å². The van der Waals surface area contributed by atoms with E-state index in [0.717, 1.165) is 19.3 Å². The molecule has 0 radical (unpaired) electrons. The first-order valence-electron chi connectivity index (χ1n) is 7.44. The minimum atomic E-state index is -4.54. The van der Waals surface area contributed by atoms with Gasteiger partial charge in [-0.25, -0.2) is 0 Å². The molecule has 4 nitrogen and oxygen atoms in total. The Balaban J connectivity index is 2.00. The van der Waals surface area contributed by atoms with Crippen LogP contribution in [0.3, 0.4) is 0 Å². The molecule has 0 spiro atoms. The van der Waals surface area contributed by atoms with Crippen molar-refractivity contribution in [3.8, 4) is 0 Å². The summed E-state index contributed by atoms with van der Waals surface area (Å²) in [5.74, 6) is 0.0326. The molecule has 1 fully saturated rings. The molecule has 0 aromatic carbocycles. The molecule has 22 heavy (non-hydrogen) atoms. The van der Waals surface area contributed by atoms with Gasteiger partial charge in [-0.1, -0.05) is 18.5 Å². The summed E-state index contributed by atoms with van der Waals surface area (Å²) in [6.45, 7) is 2.64. The molecular formula is C14H19ClF3N3O. The van der Waals surface area contributed by atoms with Gasteiger partial charge in [0.2, 0.25) is 5.91 Å². The Labute approximate surface area is 132 Å². The third-order valence-corrected chi connectivity index (χ3v) is 3.88. The van der Waals surface area contributed by atoms with E-state index < -0.39 is 11.9 Å². The highest BCUT2D eigenvalue weighted by Gasteiger charge is 2.41. The maximum Gasteiger partial charge on any atom is 0.436 e. The Bertz CT molecular complexity index is 538. The topological polar surface area (TPSA) is 46.9 Å². The average Bonchev–Trinajstić information content (AvgIpc) is 3.18. The molecule has 0 unspecified atom stereocenters. The summed E-state index contributed by atoms with van der Waals surface area (Å²) in [5, 5.41) is 6.10. The first kappa shape index (κ1) is 17.1. The van der Waals surface area contributed by atoms with Crippen LogP contribution in [-0.4, -0.2) is 22.2 Å². The van der Waals surface area contributed by atoms with E-state index in [0.29, 0.717) is 31.6 Å². The highest BCUT2D eigenvalue weighted by Crippen LogP contribution is 2.46. The number of hydrogen-bond donors (Lipinski definition) is 1. The maximum atomic E-state index is 12.9. The SMILES string of the molecule is CCCC(=O)NCCCn1nc(C(F)(F)F)c(Cl)c1C1CC1. The lowest BCUT2D eigenvalue weighted by Gasteiger charge is -2.08. The molecule has 8 heteroatoms. The number of hydrogen-bond acceptors (Lipinski definition) is 2. The number of amides is 1. The zero-order chi connectivity index (χ0) is 16.3. The van der Waals surface area contributed by atoms with E-state index in [9.17, 15) is 18.0 Å². The van der Waals surface area contributed by atoms with Gasteiger partial charge in [0, 0.05) is 25.4 Å². The number of carbonyl (C=O) groups excluding carboxylic acids is 1. The van der Waals surface area contributed by atoms with Crippen molar-refractivity contribution in [1.29, 1.82) is 0 Å². The lowest BCUT2D eigenvalue weighted by atomic mass is 10.2. The van der Waals surface area contributed by atoms with Crippen molar-refractivity contribution in [2.45, 2.75) is 57.7 Å². The Morgan fingerprint density at radius 1 is 1.45 bits per heavy atom. The van der Waals surface area contributed by atoms with E-state index in [1.54, 1.807) is 0 Å². The van der Waals surface area contributed by atoms with E-state index >= 15 is 0 Å².